The number of ether oxygens (including phenoxy) is 2. The van der Waals surface area contributed by atoms with Crippen molar-refractivity contribution in [1.82, 2.24) is 19.4 Å². The molecule has 2 aromatic rings. The molecule has 0 bridgehead atoms. The Morgan fingerprint density at radius 2 is 1.74 bits per heavy atom. The number of imidazole rings is 1. The summed E-state index contributed by atoms with van der Waals surface area (Å²) in [5.41, 5.74) is -0.324. The average molecular weight is 489 g/mol. The van der Waals surface area contributed by atoms with Gasteiger partial charge in [-0.3, -0.25) is 9.59 Å². The highest BCUT2D eigenvalue weighted by Crippen LogP contribution is 2.37. The van der Waals surface area contributed by atoms with E-state index in [-0.39, 0.29) is 17.2 Å². The predicted octanol–water partition coefficient (Wildman–Crippen LogP) is 3.04. The number of carbonyl (C=O) groups is 2. The van der Waals surface area contributed by atoms with Gasteiger partial charge in [-0.25, -0.2) is 4.98 Å². The number of benzene rings is 1. The molecule has 0 aliphatic carbocycles. The van der Waals surface area contributed by atoms with Crippen LogP contribution in [0.25, 0.3) is 0 Å². The van der Waals surface area contributed by atoms with E-state index in [4.69, 9.17) is 21.1 Å². The number of aryl methyl sites for hydroxylation is 1. The zero-order chi connectivity index (χ0) is 24.0. The van der Waals surface area contributed by atoms with Crippen LogP contribution in [0, 0.1) is 5.41 Å². The largest absolute Gasteiger partial charge is 0.493 e. The lowest BCUT2D eigenvalue weighted by molar-refractivity contribution is -0.141. The Kier molecular flexibility index (Phi) is 8.11. The summed E-state index contributed by atoms with van der Waals surface area (Å²) in [6.07, 6.45) is 6.21. The number of piperidine rings is 1. The van der Waals surface area contributed by atoms with E-state index < -0.39 is 0 Å². The van der Waals surface area contributed by atoms with Crippen molar-refractivity contribution in [1.29, 1.82) is 0 Å². The number of halogens is 1. The SMILES string of the molecule is CCc1nccn1CC(=O)N1CCC(COc2ccc(Cl)cc2)(CC(=O)N2CCOCC2)CC1. The average Bonchev–Trinajstić information content (AvgIpc) is 3.31. The Labute approximate surface area is 205 Å². The Bertz CT molecular complexity index is 964. The molecule has 2 aliphatic heterocycles. The fourth-order valence-corrected chi connectivity index (χ4v) is 4.79. The summed E-state index contributed by atoms with van der Waals surface area (Å²) in [5, 5.41) is 0.653. The molecule has 3 heterocycles. The first kappa shape index (κ1) is 24.5. The summed E-state index contributed by atoms with van der Waals surface area (Å²) >= 11 is 6.00. The maximum atomic E-state index is 13.1. The van der Waals surface area contributed by atoms with Gasteiger partial charge in [0.2, 0.25) is 11.8 Å². The Morgan fingerprint density at radius 1 is 1.06 bits per heavy atom. The third-order valence-electron chi connectivity index (χ3n) is 6.85. The van der Waals surface area contributed by atoms with Crippen molar-refractivity contribution in [3.8, 4) is 5.75 Å². The number of carbonyl (C=O) groups excluding carboxylic acids is 2. The van der Waals surface area contributed by atoms with Gasteiger partial charge in [-0.1, -0.05) is 18.5 Å². The lowest BCUT2D eigenvalue weighted by atomic mass is 9.75. The fourth-order valence-electron chi connectivity index (χ4n) is 4.66. The van der Waals surface area contributed by atoms with Gasteiger partial charge in [0.05, 0.1) is 19.8 Å². The van der Waals surface area contributed by atoms with E-state index in [9.17, 15) is 9.59 Å². The number of aromatic nitrogens is 2. The number of hydrogen-bond acceptors (Lipinski definition) is 5. The molecule has 0 N–H and O–H groups in total. The number of nitrogens with zero attached hydrogens (tertiary/aromatic N) is 4. The molecule has 2 amide bonds. The Morgan fingerprint density at radius 3 is 2.41 bits per heavy atom. The van der Waals surface area contributed by atoms with Crippen LogP contribution in [0.1, 0.15) is 32.0 Å². The van der Waals surface area contributed by atoms with E-state index in [0.29, 0.717) is 76.8 Å². The summed E-state index contributed by atoms with van der Waals surface area (Å²) < 4.78 is 13.4. The van der Waals surface area contributed by atoms with Crippen LogP contribution < -0.4 is 4.74 Å². The molecule has 9 heteroatoms. The highest BCUT2D eigenvalue weighted by atomic mass is 35.5. The summed E-state index contributed by atoms with van der Waals surface area (Å²) in [5.74, 6) is 1.86. The molecular weight excluding hydrogens is 456 g/mol. The zero-order valence-corrected chi connectivity index (χ0v) is 20.5. The minimum Gasteiger partial charge on any atom is -0.493 e. The van der Waals surface area contributed by atoms with Crippen LogP contribution in [0.2, 0.25) is 5.02 Å². The predicted molar refractivity (Wildman–Crippen MR) is 129 cm³/mol. The summed E-state index contributed by atoms with van der Waals surface area (Å²) in [4.78, 5) is 34.2. The minimum atomic E-state index is -0.324. The van der Waals surface area contributed by atoms with Crippen molar-refractivity contribution in [2.45, 2.75) is 39.2 Å². The van der Waals surface area contributed by atoms with Gasteiger partial charge in [0.25, 0.3) is 0 Å². The monoisotopic (exact) mass is 488 g/mol. The van der Waals surface area contributed by atoms with E-state index in [1.165, 1.54) is 0 Å². The third-order valence-corrected chi connectivity index (χ3v) is 7.10. The molecule has 0 spiro atoms. The van der Waals surface area contributed by atoms with Crippen molar-refractivity contribution in [2.24, 2.45) is 5.41 Å². The van der Waals surface area contributed by atoms with Crippen molar-refractivity contribution >= 4 is 23.4 Å². The summed E-state index contributed by atoms with van der Waals surface area (Å²) in [6, 6.07) is 7.28. The molecule has 184 valence electrons. The normalized spacial score (nSPS) is 18.1. The third kappa shape index (κ3) is 6.10. The molecule has 2 aliphatic rings. The van der Waals surface area contributed by atoms with Crippen molar-refractivity contribution < 1.29 is 19.1 Å². The van der Waals surface area contributed by atoms with Crippen LogP contribution in [0.3, 0.4) is 0 Å². The number of rotatable bonds is 8. The molecule has 0 radical (unpaired) electrons. The quantitative estimate of drug-likeness (QED) is 0.571. The molecular formula is C25H33ClN4O4. The maximum absolute atomic E-state index is 13.1. The van der Waals surface area contributed by atoms with Crippen LogP contribution >= 0.6 is 11.6 Å². The lowest BCUT2D eigenvalue weighted by Crippen LogP contribution is -2.49. The zero-order valence-electron chi connectivity index (χ0n) is 19.7. The number of morpholine rings is 1. The summed E-state index contributed by atoms with van der Waals surface area (Å²) in [7, 11) is 0. The molecule has 1 aromatic carbocycles. The first-order valence-electron chi connectivity index (χ1n) is 12.0. The number of hydrogen-bond donors (Lipinski definition) is 0. The van der Waals surface area contributed by atoms with E-state index in [1.54, 1.807) is 18.3 Å². The Hall–Kier alpha value is -2.58. The first-order chi connectivity index (χ1) is 16.5. The van der Waals surface area contributed by atoms with Crippen LogP contribution in [0.4, 0.5) is 0 Å². The second-order valence-electron chi connectivity index (χ2n) is 9.12. The van der Waals surface area contributed by atoms with Crippen LogP contribution in [-0.4, -0.2) is 77.2 Å². The fraction of sp³-hybridized carbons (Fsp3) is 0.560. The Balaban J connectivity index is 1.41. The molecule has 0 saturated carbocycles. The van der Waals surface area contributed by atoms with Gasteiger partial charge < -0.3 is 23.8 Å². The van der Waals surface area contributed by atoms with Gasteiger partial charge in [0.15, 0.2) is 0 Å². The van der Waals surface area contributed by atoms with E-state index in [0.717, 1.165) is 18.0 Å². The smallest absolute Gasteiger partial charge is 0.242 e. The van der Waals surface area contributed by atoms with E-state index in [1.807, 2.05) is 39.6 Å². The second-order valence-corrected chi connectivity index (χ2v) is 9.55. The molecule has 2 fully saturated rings. The lowest BCUT2D eigenvalue weighted by Gasteiger charge is -2.42. The minimum absolute atomic E-state index is 0.0828. The highest BCUT2D eigenvalue weighted by molar-refractivity contribution is 6.30. The first-order valence-corrected chi connectivity index (χ1v) is 12.4. The molecule has 1 aromatic heterocycles. The molecule has 8 nitrogen and oxygen atoms in total. The van der Waals surface area contributed by atoms with Gasteiger partial charge in [0, 0.05) is 61.9 Å². The van der Waals surface area contributed by atoms with Crippen LogP contribution in [0.15, 0.2) is 36.7 Å². The molecule has 4 rings (SSSR count). The van der Waals surface area contributed by atoms with Crippen molar-refractivity contribution in [2.75, 3.05) is 46.0 Å². The van der Waals surface area contributed by atoms with Gasteiger partial charge >= 0.3 is 0 Å². The molecule has 34 heavy (non-hydrogen) atoms. The van der Waals surface area contributed by atoms with Crippen LogP contribution in [0.5, 0.6) is 5.75 Å². The van der Waals surface area contributed by atoms with Crippen molar-refractivity contribution in [3.05, 3.63) is 47.5 Å². The van der Waals surface area contributed by atoms with Gasteiger partial charge in [-0.2, -0.15) is 0 Å². The second kappa shape index (κ2) is 11.2. The standard InChI is InChI=1S/C25H33ClN4O4/c1-2-22-27-9-12-30(22)18-24(32)28-10-7-25(8-11-28,17-23(31)29-13-15-33-16-14-29)19-34-21-5-3-20(26)4-6-21/h3-6,9,12H,2,7-8,10-11,13-19H2,1H3. The summed E-state index contributed by atoms with van der Waals surface area (Å²) in [6.45, 7) is 6.38. The van der Waals surface area contributed by atoms with E-state index in [2.05, 4.69) is 4.98 Å². The van der Waals surface area contributed by atoms with Gasteiger partial charge in [-0.15, -0.1) is 0 Å². The highest BCUT2D eigenvalue weighted by Gasteiger charge is 2.40. The van der Waals surface area contributed by atoms with E-state index >= 15 is 0 Å². The maximum Gasteiger partial charge on any atom is 0.242 e. The van der Waals surface area contributed by atoms with Gasteiger partial charge in [0.1, 0.15) is 18.1 Å². The molecule has 2 saturated heterocycles. The van der Waals surface area contributed by atoms with Crippen molar-refractivity contribution in [3.63, 3.8) is 0 Å². The molecule has 0 unspecified atom stereocenters. The number of likely N-dealkylation sites (tertiary alicyclic amines) is 1. The molecule has 0 atom stereocenters. The van der Waals surface area contributed by atoms with Crippen LogP contribution in [-0.2, 0) is 27.3 Å². The van der Waals surface area contributed by atoms with Gasteiger partial charge in [-0.05, 0) is 37.1 Å². The topological polar surface area (TPSA) is 76.9 Å². The number of amides is 2.